The summed E-state index contributed by atoms with van der Waals surface area (Å²) in [7, 11) is 4.71. The Morgan fingerprint density at radius 1 is 0.656 bits per heavy atom. The number of hydrogen-bond acceptors (Lipinski definition) is 9. The van der Waals surface area contributed by atoms with Crippen molar-refractivity contribution in [3.05, 3.63) is 161 Å². The number of unbranched alkanes of at least 4 members (excludes halogenated alkanes) is 1. The van der Waals surface area contributed by atoms with Crippen LogP contribution >= 0.6 is 0 Å². The molecular weight excluding hydrogens is 769 g/mol. The first-order valence-electron chi connectivity index (χ1n) is 20.5. The van der Waals surface area contributed by atoms with Crippen molar-refractivity contribution in [1.82, 2.24) is 0 Å². The second-order valence-electron chi connectivity index (χ2n) is 15.3. The van der Waals surface area contributed by atoms with Crippen molar-refractivity contribution in [2.75, 3.05) is 27.9 Å². The molecule has 5 aromatic carbocycles. The van der Waals surface area contributed by atoms with E-state index in [9.17, 15) is 24.3 Å². The Kier molecular flexibility index (Phi) is 20.2. The van der Waals surface area contributed by atoms with Crippen LogP contribution in [0.15, 0.2) is 127 Å². The average molecular weight is 829 g/mol. The summed E-state index contributed by atoms with van der Waals surface area (Å²) in [6.45, 7) is 11.2. The first kappa shape index (κ1) is 48.9. The Balaban J connectivity index is 0.000000247. The SMILES string of the molecule is CCCCC(CC)COC(=O)C=Cc1ccc(OC)cc1.COc1ccc(C(=O)CC(=O)c2ccc(C(C)(C)C)cc2)cc1.COc1ccc(C(=O)c2ccccc2)c(O)c1. The van der Waals surface area contributed by atoms with Gasteiger partial charge in [-0.2, -0.15) is 0 Å². The summed E-state index contributed by atoms with van der Waals surface area (Å²) in [6.07, 6.45) is 7.67. The maximum Gasteiger partial charge on any atom is 0.330 e. The van der Waals surface area contributed by atoms with Crippen molar-refractivity contribution >= 4 is 29.4 Å². The molecule has 9 nitrogen and oxygen atoms in total. The molecule has 0 aliphatic heterocycles. The number of rotatable bonds is 17. The highest BCUT2D eigenvalue weighted by molar-refractivity contribution is 6.13. The summed E-state index contributed by atoms with van der Waals surface area (Å²) < 4.78 is 20.4. The molecule has 0 spiro atoms. The van der Waals surface area contributed by atoms with Crippen LogP contribution in [-0.4, -0.2) is 56.4 Å². The van der Waals surface area contributed by atoms with E-state index in [1.165, 1.54) is 32.1 Å². The number of ether oxygens (including phenoxy) is 4. The molecule has 0 fully saturated rings. The highest BCUT2D eigenvalue weighted by Gasteiger charge is 2.17. The number of aromatic hydroxyl groups is 1. The van der Waals surface area contributed by atoms with Crippen molar-refractivity contribution in [3.8, 4) is 23.0 Å². The maximum atomic E-state index is 12.3. The number of methoxy groups -OCH3 is 3. The highest BCUT2D eigenvalue weighted by Crippen LogP contribution is 2.26. The largest absolute Gasteiger partial charge is 0.507 e. The monoisotopic (exact) mass is 828 g/mol. The van der Waals surface area contributed by atoms with Gasteiger partial charge in [0, 0.05) is 28.8 Å². The average Bonchev–Trinajstić information content (AvgIpc) is 3.28. The topological polar surface area (TPSA) is 125 Å². The summed E-state index contributed by atoms with van der Waals surface area (Å²) in [4.78, 5) is 48.2. The van der Waals surface area contributed by atoms with Crippen LogP contribution in [0, 0.1) is 5.92 Å². The van der Waals surface area contributed by atoms with Crippen LogP contribution in [0.25, 0.3) is 6.08 Å². The zero-order valence-corrected chi connectivity index (χ0v) is 36.7. The van der Waals surface area contributed by atoms with E-state index in [4.69, 9.17) is 18.9 Å². The van der Waals surface area contributed by atoms with E-state index in [2.05, 4.69) is 34.6 Å². The van der Waals surface area contributed by atoms with Gasteiger partial charge in [0.05, 0.1) is 39.9 Å². The Bertz CT molecular complexity index is 2150. The van der Waals surface area contributed by atoms with Crippen LogP contribution < -0.4 is 14.2 Å². The number of carbonyl (C=O) groups is 4. The van der Waals surface area contributed by atoms with Gasteiger partial charge in [-0.15, -0.1) is 0 Å². The summed E-state index contributed by atoms with van der Waals surface area (Å²) >= 11 is 0. The van der Waals surface area contributed by atoms with E-state index in [1.807, 2.05) is 42.5 Å². The van der Waals surface area contributed by atoms with E-state index in [0.29, 0.717) is 40.7 Å². The van der Waals surface area contributed by atoms with Crippen LogP contribution in [0.4, 0.5) is 0 Å². The summed E-state index contributed by atoms with van der Waals surface area (Å²) in [5.41, 5.74) is 4.07. The molecule has 322 valence electrons. The van der Waals surface area contributed by atoms with Gasteiger partial charge in [-0.05, 0) is 83.5 Å². The number of hydrogen-bond donors (Lipinski definition) is 1. The molecular formula is C52H60O9. The van der Waals surface area contributed by atoms with Crippen LogP contribution in [0.3, 0.4) is 0 Å². The lowest BCUT2D eigenvalue weighted by molar-refractivity contribution is -0.139. The lowest BCUT2D eigenvalue weighted by Gasteiger charge is -2.18. The quantitative estimate of drug-likeness (QED) is 0.0422. The molecule has 0 saturated carbocycles. The molecule has 0 heterocycles. The van der Waals surface area contributed by atoms with Crippen LogP contribution in [0.1, 0.15) is 114 Å². The van der Waals surface area contributed by atoms with Crippen LogP contribution in [-0.2, 0) is 14.9 Å². The predicted octanol–water partition coefficient (Wildman–Crippen LogP) is 11.5. The predicted molar refractivity (Wildman–Crippen MR) is 242 cm³/mol. The van der Waals surface area contributed by atoms with Gasteiger partial charge in [-0.3, -0.25) is 14.4 Å². The summed E-state index contributed by atoms with van der Waals surface area (Å²) in [5.74, 6) is 1.59. The molecule has 0 aliphatic rings. The molecule has 0 aliphatic carbocycles. The third-order valence-electron chi connectivity index (χ3n) is 9.82. The van der Waals surface area contributed by atoms with Gasteiger partial charge < -0.3 is 24.1 Å². The second-order valence-corrected chi connectivity index (χ2v) is 15.3. The molecule has 0 bridgehead atoms. The number of phenolic OH excluding ortho intramolecular Hbond substituents is 1. The van der Waals surface area contributed by atoms with Gasteiger partial charge in [0.2, 0.25) is 0 Å². The number of esters is 1. The molecule has 1 atom stereocenters. The normalized spacial score (nSPS) is 11.2. The van der Waals surface area contributed by atoms with Gasteiger partial charge in [-0.25, -0.2) is 4.79 Å². The van der Waals surface area contributed by atoms with Crippen molar-refractivity contribution in [2.45, 2.75) is 72.1 Å². The number of phenols is 1. The Labute approximate surface area is 361 Å². The molecule has 0 aromatic heterocycles. The van der Waals surface area contributed by atoms with E-state index in [-0.39, 0.29) is 46.5 Å². The first-order valence-corrected chi connectivity index (χ1v) is 20.5. The number of ketones is 3. The van der Waals surface area contributed by atoms with Crippen molar-refractivity contribution < 1.29 is 43.2 Å². The highest BCUT2D eigenvalue weighted by atomic mass is 16.5. The van der Waals surface area contributed by atoms with E-state index in [0.717, 1.165) is 29.7 Å². The fraction of sp³-hybridized carbons (Fsp3) is 0.308. The number of Topliss-reactive ketones (excluding diaryl/α,β-unsaturated/α-hetero) is 2. The number of carbonyl (C=O) groups excluding carboxylic acids is 4. The van der Waals surface area contributed by atoms with Gasteiger partial charge in [-0.1, -0.05) is 121 Å². The van der Waals surface area contributed by atoms with Crippen LogP contribution in [0.2, 0.25) is 0 Å². The standard InChI is InChI=1S/C20H22O3.C18H26O3.C14H12O3/c1-20(2,3)16-9-5-14(6-10-16)18(21)13-19(22)15-7-11-17(23-4)12-8-15;1-4-6-7-15(5-2)14-21-18(19)13-10-16-8-11-17(20-3)12-9-16;1-17-11-7-8-12(13(15)9-11)14(16)10-5-3-2-4-6-10/h5-12H,13H2,1-4H3;8-13,15H,4-7,14H2,1-3H3;2-9,15H,1H3. The maximum absolute atomic E-state index is 12.3. The lowest BCUT2D eigenvalue weighted by atomic mass is 9.86. The smallest absolute Gasteiger partial charge is 0.330 e. The second kappa shape index (κ2) is 25.2. The molecule has 1 unspecified atom stereocenters. The minimum absolute atomic E-state index is 0.0422. The van der Waals surface area contributed by atoms with Crippen molar-refractivity contribution in [1.29, 1.82) is 0 Å². The number of benzene rings is 5. The third kappa shape index (κ3) is 16.6. The fourth-order valence-corrected chi connectivity index (χ4v) is 5.88. The van der Waals surface area contributed by atoms with Crippen LogP contribution in [0.5, 0.6) is 23.0 Å². The Hall–Kier alpha value is -6.48. The molecule has 1 N–H and O–H groups in total. The van der Waals surface area contributed by atoms with Gasteiger partial charge >= 0.3 is 5.97 Å². The fourth-order valence-electron chi connectivity index (χ4n) is 5.88. The lowest BCUT2D eigenvalue weighted by Crippen LogP contribution is -2.12. The molecule has 5 rings (SSSR count). The van der Waals surface area contributed by atoms with Crippen molar-refractivity contribution in [3.63, 3.8) is 0 Å². The molecule has 0 radical (unpaired) electrons. The Morgan fingerprint density at radius 3 is 1.67 bits per heavy atom. The summed E-state index contributed by atoms with van der Waals surface area (Å²) in [6, 6.07) is 35.3. The van der Waals surface area contributed by atoms with Gasteiger partial charge in [0.1, 0.15) is 23.0 Å². The third-order valence-corrected chi connectivity index (χ3v) is 9.82. The first-order chi connectivity index (χ1) is 29.2. The molecule has 5 aromatic rings. The summed E-state index contributed by atoms with van der Waals surface area (Å²) in [5, 5.41) is 9.75. The van der Waals surface area contributed by atoms with Gasteiger partial charge in [0.15, 0.2) is 17.3 Å². The molecule has 9 heteroatoms. The Morgan fingerprint density at radius 2 is 1.18 bits per heavy atom. The van der Waals surface area contributed by atoms with E-state index < -0.39 is 0 Å². The van der Waals surface area contributed by atoms with Crippen molar-refractivity contribution in [2.24, 2.45) is 5.92 Å². The molecule has 0 amide bonds. The molecule has 0 saturated heterocycles. The zero-order chi connectivity index (χ0) is 44.8. The zero-order valence-electron chi connectivity index (χ0n) is 36.7. The van der Waals surface area contributed by atoms with E-state index >= 15 is 0 Å². The molecule has 61 heavy (non-hydrogen) atoms. The van der Waals surface area contributed by atoms with E-state index in [1.54, 1.807) is 93.1 Å². The minimum Gasteiger partial charge on any atom is -0.507 e. The van der Waals surface area contributed by atoms with Gasteiger partial charge in [0.25, 0.3) is 0 Å². The minimum atomic E-state index is -0.277.